The molecule has 0 spiro atoms. The molecule has 2 atom stereocenters. The van der Waals surface area contributed by atoms with Crippen molar-refractivity contribution in [3.63, 3.8) is 0 Å². The Balaban J connectivity index is 2.17. The second-order valence-electron chi connectivity index (χ2n) is 2.20. The molecule has 0 aromatic carbocycles. The lowest BCUT2D eigenvalue weighted by atomic mass is 10.3. The highest BCUT2D eigenvalue weighted by Crippen LogP contribution is 2.38. The minimum atomic E-state index is 0.435. The van der Waals surface area contributed by atoms with Gasteiger partial charge in [-0.2, -0.15) is 0 Å². The third-order valence-electron chi connectivity index (χ3n) is 1.68. The Morgan fingerprint density at radius 1 is 1.86 bits per heavy atom. The summed E-state index contributed by atoms with van der Waals surface area (Å²) in [7, 11) is 0. The number of carbonyl (C=O) groups excluding carboxylic acids is 1. The van der Waals surface area contributed by atoms with E-state index >= 15 is 0 Å². The molecule has 0 aromatic rings. The van der Waals surface area contributed by atoms with Crippen molar-refractivity contribution in [1.82, 2.24) is 0 Å². The van der Waals surface area contributed by atoms with Gasteiger partial charge in [0.05, 0.1) is 0 Å². The molecule has 0 aliphatic heterocycles. The standard InChI is InChI=1S/C6H10O/c1-2-5-3-6(5)4-7/h4-6H,2-3H2,1H3/t5-,6?/m0/s1. The first-order chi connectivity index (χ1) is 3.38. The summed E-state index contributed by atoms with van der Waals surface area (Å²) < 4.78 is 0. The van der Waals surface area contributed by atoms with Gasteiger partial charge >= 0.3 is 0 Å². The summed E-state index contributed by atoms with van der Waals surface area (Å²) >= 11 is 0. The van der Waals surface area contributed by atoms with Gasteiger partial charge in [-0.15, -0.1) is 0 Å². The topological polar surface area (TPSA) is 17.1 Å². The van der Waals surface area contributed by atoms with Crippen LogP contribution in [-0.4, -0.2) is 6.29 Å². The highest BCUT2D eigenvalue weighted by molar-refractivity contribution is 5.57. The van der Waals surface area contributed by atoms with Gasteiger partial charge in [0.15, 0.2) is 0 Å². The van der Waals surface area contributed by atoms with E-state index < -0.39 is 0 Å². The molecule has 0 bridgehead atoms. The quantitative estimate of drug-likeness (QED) is 0.475. The van der Waals surface area contributed by atoms with Gasteiger partial charge in [-0.3, -0.25) is 0 Å². The van der Waals surface area contributed by atoms with Crippen LogP contribution in [0.1, 0.15) is 19.8 Å². The van der Waals surface area contributed by atoms with Gasteiger partial charge in [0, 0.05) is 5.92 Å². The minimum Gasteiger partial charge on any atom is -0.303 e. The zero-order chi connectivity index (χ0) is 5.28. The SMILES string of the molecule is CC[C@H]1CC1C=O. The first-order valence-electron chi connectivity index (χ1n) is 2.83. The van der Waals surface area contributed by atoms with Crippen LogP contribution in [0.15, 0.2) is 0 Å². The largest absolute Gasteiger partial charge is 0.303 e. The van der Waals surface area contributed by atoms with Crippen molar-refractivity contribution in [2.75, 3.05) is 0 Å². The Morgan fingerprint density at radius 2 is 2.57 bits per heavy atom. The second-order valence-corrected chi connectivity index (χ2v) is 2.20. The van der Waals surface area contributed by atoms with Crippen molar-refractivity contribution in [2.45, 2.75) is 19.8 Å². The Bertz CT molecular complexity index is 78.2. The van der Waals surface area contributed by atoms with Crippen LogP contribution in [0.4, 0.5) is 0 Å². The van der Waals surface area contributed by atoms with E-state index in [2.05, 4.69) is 6.92 Å². The molecule has 0 saturated heterocycles. The van der Waals surface area contributed by atoms with Crippen LogP contribution in [0.5, 0.6) is 0 Å². The van der Waals surface area contributed by atoms with Crippen molar-refractivity contribution >= 4 is 6.29 Å². The van der Waals surface area contributed by atoms with Gasteiger partial charge in [-0.1, -0.05) is 13.3 Å². The van der Waals surface area contributed by atoms with Crippen LogP contribution >= 0.6 is 0 Å². The Kier molecular flexibility index (Phi) is 1.13. The van der Waals surface area contributed by atoms with Crippen molar-refractivity contribution in [2.24, 2.45) is 11.8 Å². The molecule has 1 fully saturated rings. The first kappa shape index (κ1) is 4.82. The zero-order valence-electron chi connectivity index (χ0n) is 4.55. The molecule has 1 saturated carbocycles. The molecule has 1 unspecified atom stereocenters. The van der Waals surface area contributed by atoms with Crippen LogP contribution in [0.3, 0.4) is 0 Å². The monoisotopic (exact) mass is 98.1 g/mol. The average molecular weight is 98.1 g/mol. The van der Waals surface area contributed by atoms with Gasteiger partial charge in [-0.25, -0.2) is 0 Å². The predicted molar refractivity (Wildman–Crippen MR) is 28.0 cm³/mol. The average Bonchev–Trinajstić information content (AvgIpc) is 2.43. The van der Waals surface area contributed by atoms with E-state index in [1.165, 1.54) is 6.42 Å². The molecule has 1 heteroatoms. The number of aldehydes is 1. The molecule has 0 radical (unpaired) electrons. The highest BCUT2D eigenvalue weighted by atomic mass is 16.1. The molecule has 1 nitrogen and oxygen atoms in total. The number of carbonyl (C=O) groups is 1. The first-order valence-corrected chi connectivity index (χ1v) is 2.83. The lowest BCUT2D eigenvalue weighted by Crippen LogP contribution is -1.78. The lowest BCUT2D eigenvalue weighted by molar-refractivity contribution is -0.109. The van der Waals surface area contributed by atoms with E-state index in [-0.39, 0.29) is 0 Å². The Labute approximate surface area is 43.7 Å². The summed E-state index contributed by atoms with van der Waals surface area (Å²) in [5.41, 5.74) is 0. The number of hydrogen-bond donors (Lipinski definition) is 0. The molecule has 0 amide bonds. The van der Waals surface area contributed by atoms with Crippen LogP contribution in [0.2, 0.25) is 0 Å². The fourth-order valence-corrected chi connectivity index (χ4v) is 0.907. The van der Waals surface area contributed by atoms with Gasteiger partial charge in [0.2, 0.25) is 0 Å². The van der Waals surface area contributed by atoms with Crippen molar-refractivity contribution in [1.29, 1.82) is 0 Å². The van der Waals surface area contributed by atoms with E-state index in [1.54, 1.807) is 0 Å². The van der Waals surface area contributed by atoms with Crippen molar-refractivity contribution < 1.29 is 4.79 Å². The highest BCUT2D eigenvalue weighted by Gasteiger charge is 2.34. The Morgan fingerprint density at radius 3 is 2.71 bits per heavy atom. The van der Waals surface area contributed by atoms with Gasteiger partial charge in [-0.05, 0) is 12.3 Å². The van der Waals surface area contributed by atoms with Crippen LogP contribution < -0.4 is 0 Å². The predicted octanol–water partition coefficient (Wildman–Crippen LogP) is 1.23. The third kappa shape index (κ3) is 0.817. The summed E-state index contributed by atoms with van der Waals surface area (Å²) in [6, 6.07) is 0. The van der Waals surface area contributed by atoms with Gasteiger partial charge in [0.25, 0.3) is 0 Å². The summed E-state index contributed by atoms with van der Waals surface area (Å²) in [6.45, 7) is 2.13. The van der Waals surface area contributed by atoms with Crippen molar-refractivity contribution in [3.8, 4) is 0 Å². The molecule has 0 aromatic heterocycles. The van der Waals surface area contributed by atoms with Gasteiger partial charge < -0.3 is 4.79 Å². The van der Waals surface area contributed by atoms with Crippen molar-refractivity contribution in [3.05, 3.63) is 0 Å². The summed E-state index contributed by atoms with van der Waals surface area (Å²) in [4.78, 5) is 9.94. The molecule has 7 heavy (non-hydrogen) atoms. The van der Waals surface area contributed by atoms with E-state index in [0.29, 0.717) is 5.92 Å². The van der Waals surface area contributed by atoms with Crippen LogP contribution in [-0.2, 0) is 4.79 Å². The van der Waals surface area contributed by atoms with E-state index in [1.807, 2.05) is 0 Å². The van der Waals surface area contributed by atoms with Crippen LogP contribution in [0, 0.1) is 11.8 Å². The maximum Gasteiger partial charge on any atom is 0.123 e. The van der Waals surface area contributed by atoms with Crippen LogP contribution in [0.25, 0.3) is 0 Å². The number of rotatable bonds is 2. The molecule has 0 N–H and O–H groups in total. The molecular formula is C6H10O. The normalized spacial score (nSPS) is 37.9. The molecule has 1 aliphatic rings. The Hall–Kier alpha value is -0.330. The molecule has 1 aliphatic carbocycles. The summed E-state index contributed by atoms with van der Waals surface area (Å²) in [6.07, 6.45) is 3.41. The smallest absolute Gasteiger partial charge is 0.123 e. The molecule has 0 heterocycles. The van der Waals surface area contributed by atoms with E-state index in [4.69, 9.17) is 0 Å². The zero-order valence-corrected chi connectivity index (χ0v) is 4.55. The van der Waals surface area contributed by atoms with Gasteiger partial charge in [0.1, 0.15) is 6.29 Å². The fraction of sp³-hybridized carbons (Fsp3) is 0.833. The van der Waals surface area contributed by atoms with E-state index in [9.17, 15) is 4.79 Å². The van der Waals surface area contributed by atoms with E-state index in [0.717, 1.165) is 18.6 Å². The summed E-state index contributed by atoms with van der Waals surface area (Å²) in [5, 5.41) is 0. The maximum absolute atomic E-state index is 9.94. The summed E-state index contributed by atoms with van der Waals surface area (Å²) in [5.74, 6) is 1.18. The molecule has 40 valence electrons. The molecule has 1 rings (SSSR count). The number of hydrogen-bond acceptors (Lipinski definition) is 1. The minimum absolute atomic E-state index is 0.435. The fourth-order valence-electron chi connectivity index (χ4n) is 0.907. The lowest BCUT2D eigenvalue weighted by Gasteiger charge is -1.78. The molecular weight excluding hydrogens is 88.1 g/mol. The maximum atomic E-state index is 9.94. The second kappa shape index (κ2) is 1.65. The third-order valence-corrected chi connectivity index (χ3v) is 1.68.